The number of halogens is 1. The number of hydrogen-bond acceptors (Lipinski definition) is 8. The smallest absolute Gasteiger partial charge is 0.397 e. The van der Waals surface area contributed by atoms with Crippen molar-refractivity contribution in [2.24, 2.45) is 5.73 Å². The highest BCUT2D eigenvalue weighted by Gasteiger charge is 2.24. The molecule has 0 aliphatic rings. The maximum absolute atomic E-state index is 12.0. The second-order valence-electron chi connectivity index (χ2n) is 4.89. The molecule has 0 saturated carbocycles. The third-order valence-corrected chi connectivity index (χ3v) is 4.86. The summed E-state index contributed by atoms with van der Waals surface area (Å²) >= 11 is 4.43. The van der Waals surface area contributed by atoms with Crippen LogP contribution in [0.4, 0.5) is 16.4 Å². The third kappa shape index (κ3) is 3.26. The number of nitrogens with zero attached hydrogens (tertiary/aromatic N) is 2. The number of fused-ring (bicyclic) bond motifs is 1. The number of amides is 1. The van der Waals surface area contributed by atoms with Crippen molar-refractivity contribution in [1.29, 1.82) is 0 Å². The van der Waals surface area contributed by atoms with E-state index in [-0.39, 0.29) is 10.6 Å². The van der Waals surface area contributed by atoms with E-state index in [9.17, 15) is 9.59 Å². The minimum atomic E-state index is -1.20. The summed E-state index contributed by atoms with van der Waals surface area (Å²) in [5.74, 6) is -0.544. The molecule has 2 aromatic heterocycles. The first-order chi connectivity index (χ1) is 11.9. The van der Waals surface area contributed by atoms with Gasteiger partial charge in [-0.3, -0.25) is 0 Å². The summed E-state index contributed by atoms with van der Waals surface area (Å²) in [5.41, 5.74) is 12.5. The van der Waals surface area contributed by atoms with Crippen LogP contribution in [0.25, 0.3) is 21.5 Å². The van der Waals surface area contributed by atoms with Gasteiger partial charge in [-0.2, -0.15) is 0 Å². The first-order valence-corrected chi connectivity index (χ1v) is 8.57. The van der Waals surface area contributed by atoms with Gasteiger partial charge in [-0.15, -0.1) is 11.3 Å². The Hall–Kier alpha value is -2.72. The van der Waals surface area contributed by atoms with Crippen LogP contribution < -0.4 is 16.8 Å². The number of carbonyl (C=O) groups is 2. The van der Waals surface area contributed by atoms with Crippen LogP contribution in [0.2, 0.25) is 0 Å². The number of carbonyl (C=O) groups excluding carboxylic acids is 2. The second kappa shape index (κ2) is 6.65. The van der Waals surface area contributed by atoms with Gasteiger partial charge in [0.2, 0.25) is 5.95 Å². The third-order valence-electron chi connectivity index (χ3n) is 3.29. The zero-order valence-corrected chi connectivity index (χ0v) is 15.3. The average Bonchev–Trinajstić information content (AvgIpc) is 2.90. The van der Waals surface area contributed by atoms with Crippen molar-refractivity contribution < 1.29 is 14.3 Å². The molecule has 2 heterocycles. The predicted octanol–water partition coefficient (Wildman–Crippen LogP) is 2.98. The fourth-order valence-corrected chi connectivity index (χ4v) is 3.64. The minimum Gasteiger partial charge on any atom is -0.397 e. The summed E-state index contributed by atoms with van der Waals surface area (Å²) in [4.78, 5) is 32.2. The summed E-state index contributed by atoms with van der Waals surface area (Å²) in [5, 5.41) is 3.39. The highest BCUT2D eigenvalue weighted by Crippen LogP contribution is 2.39. The molecule has 0 spiro atoms. The van der Waals surface area contributed by atoms with E-state index < -0.39 is 12.1 Å². The molecule has 1 aromatic carbocycles. The summed E-state index contributed by atoms with van der Waals surface area (Å²) in [7, 11) is 1.69. The maximum Gasteiger partial charge on any atom is 0.412 e. The predicted molar refractivity (Wildman–Crippen MR) is 99.5 cm³/mol. The van der Waals surface area contributed by atoms with Gasteiger partial charge < -0.3 is 21.5 Å². The summed E-state index contributed by atoms with van der Waals surface area (Å²) in [6, 6.07) is 7.48. The molecule has 0 atom stereocenters. The number of aromatic nitrogens is 2. The van der Waals surface area contributed by atoms with Crippen molar-refractivity contribution in [2.45, 2.75) is 0 Å². The first-order valence-electron chi connectivity index (χ1n) is 6.96. The van der Waals surface area contributed by atoms with Crippen molar-refractivity contribution in [1.82, 2.24) is 9.97 Å². The van der Waals surface area contributed by atoms with Crippen LogP contribution in [0.15, 0.2) is 28.7 Å². The lowest BCUT2D eigenvalue weighted by molar-refractivity contribution is 0.0644. The quantitative estimate of drug-likeness (QED) is 0.437. The van der Waals surface area contributed by atoms with Gasteiger partial charge in [0.15, 0.2) is 0 Å². The van der Waals surface area contributed by atoms with Crippen molar-refractivity contribution in [3.05, 3.63) is 33.6 Å². The Labute approximate surface area is 154 Å². The van der Waals surface area contributed by atoms with E-state index in [0.29, 0.717) is 21.9 Å². The lowest BCUT2D eigenvalue weighted by atomic mass is 10.1. The number of nitrogen functional groups attached to an aromatic ring is 1. The number of benzene rings is 1. The molecule has 1 amide bonds. The Morgan fingerprint density at radius 2 is 2.08 bits per heavy atom. The lowest BCUT2D eigenvalue weighted by Crippen LogP contribution is -2.18. The minimum absolute atomic E-state index is 0.0487. The molecule has 0 unspecified atom stereocenters. The lowest BCUT2D eigenvalue weighted by Gasteiger charge is -2.07. The molecular weight excluding hydrogens is 410 g/mol. The number of rotatable bonds is 3. The molecular formula is C15H12BrN5O3S. The Bertz CT molecular complexity index is 1000. The molecule has 0 radical (unpaired) electrons. The van der Waals surface area contributed by atoms with Crippen LogP contribution in [0.1, 0.15) is 9.67 Å². The molecule has 0 aliphatic carbocycles. The molecule has 3 aromatic rings. The van der Waals surface area contributed by atoms with E-state index in [1.54, 1.807) is 7.05 Å². The maximum atomic E-state index is 12.0. The molecule has 5 N–H and O–H groups in total. The zero-order valence-electron chi connectivity index (χ0n) is 12.9. The van der Waals surface area contributed by atoms with Crippen LogP contribution >= 0.6 is 27.3 Å². The molecule has 10 heteroatoms. The van der Waals surface area contributed by atoms with Gasteiger partial charge >= 0.3 is 12.1 Å². The van der Waals surface area contributed by atoms with E-state index in [4.69, 9.17) is 11.5 Å². The zero-order chi connectivity index (χ0) is 18.1. The van der Waals surface area contributed by atoms with E-state index in [0.717, 1.165) is 21.4 Å². The monoisotopic (exact) mass is 421 g/mol. The summed E-state index contributed by atoms with van der Waals surface area (Å²) in [6.45, 7) is 0. The molecule has 8 nitrogen and oxygen atoms in total. The van der Waals surface area contributed by atoms with Crippen molar-refractivity contribution in [2.75, 3.05) is 18.1 Å². The van der Waals surface area contributed by atoms with E-state index in [2.05, 4.69) is 36.0 Å². The molecule has 25 heavy (non-hydrogen) atoms. The van der Waals surface area contributed by atoms with Gasteiger partial charge in [0, 0.05) is 17.1 Å². The number of hydrogen-bond donors (Lipinski definition) is 3. The Morgan fingerprint density at radius 3 is 2.72 bits per heavy atom. The highest BCUT2D eigenvalue weighted by atomic mass is 79.9. The van der Waals surface area contributed by atoms with Crippen LogP contribution in [0.5, 0.6) is 0 Å². The van der Waals surface area contributed by atoms with Crippen LogP contribution in [0.3, 0.4) is 0 Å². The van der Waals surface area contributed by atoms with Gasteiger partial charge in [0.25, 0.3) is 0 Å². The number of primary amides is 1. The van der Waals surface area contributed by atoms with Gasteiger partial charge in [0.1, 0.15) is 9.71 Å². The fraction of sp³-hybridized carbons (Fsp3) is 0.0667. The van der Waals surface area contributed by atoms with E-state index >= 15 is 0 Å². The topological polar surface area (TPSA) is 133 Å². The Balaban J connectivity index is 2.27. The summed E-state index contributed by atoms with van der Waals surface area (Å²) in [6.07, 6.45) is -1.20. The van der Waals surface area contributed by atoms with Crippen molar-refractivity contribution in [3.8, 4) is 11.3 Å². The summed E-state index contributed by atoms with van der Waals surface area (Å²) < 4.78 is 5.29. The molecule has 0 saturated heterocycles. The van der Waals surface area contributed by atoms with Crippen molar-refractivity contribution >= 4 is 61.2 Å². The van der Waals surface area contributed by atoms with E-state index in [1.807, 2.05) is 24.3 Å². The van der Waals surface area contributed by atoms with Gasteiger partial charge in [-0.05, 0) is 12.1 Å². The number of esters is 1. The number of ether oxygens (including phenoxy) is 1. The number of nitrogens with one attached hydrogen (secondary N) is 1. The van der Waals surface area contributed by atoms with Gasteiger partial charge in [0.05, 0.1) is 16.8 Å². The molecule has 0 bridgehead atoms. The number of thiophene rings is 1. The molecule has 128 valence electrons. The number of nitrogens with two attached hydrogens (primary N) is 2. The average molecular weight is 422 g/mol. The highest BCUT2D eigenvalue weighted by molar-refractivity contribution is 9.10. The van der Waals surface area contributed by atoms with Crippen LogP contribution in [-0.4, -0.2) is 29.1 Å². The van der Waals surface area contributed by atoms with Crippen LogP contribution in [-0.2, 0) is 4.74 Å². The van der Waals surface area contributed by atoms with Gasteiger partial charge in [-0.25, -0.2) is 19.6 Å². The molecule has 0 fully saturated rings. The van der Waals surface area contributed by atoms with Gasteiger partial charge in [-0.1, -0.05) is 28.1 Å². The van der Waals surface area contributed by atoms with E-state index in [1.165, 1.54) is 0 Å². The van der Waals surface area contributed by atoms with Crippen LogP contribution in [0, 0.1) is 0 Å². The number of anilines is 2. The second-order valence-corrected chi connectivity index (χ2v) is 6.80. The molecule has 3 rings (SSSR count). The van der Waals surface area contributed by atoms with Crippen molar-refractivity contribution in [3.63, 3.8) is 0 Å². The first kappa shape index (κ1) is 17.1. The Morgan fingerprint density at radius 1 is 1.32 bits per heavy atom. The Kier molecular flexibility index (Phi) is 4.55. The largest absolute Gasteiger partial charge is 0.412 e. The SMILES string of the molecule is CNc1nc(-c2cccc(Br)c2)c2c(N)c(C(=O)OC(N)=O)sc2n1. The fourth-order valence-electron chi connectivity index (χ4n) is 2.27. The normalized spacial score (nSPS) is 10.6. The standard InChI is InChI=1S/C15H12BrN5O3S/c1-19-15-20-10(6-3-2-4-7(16)5-6)8-9(17)11(25-12(8)21-15)13(22)24-14(18)23/h2-5H,17H2,1H3,(H2,18,23)(H,19,20,21). The molecule has 0 aliphatic heterocycles.